The quantitative estimate of drug-likeness (QED) is 0.696. The number of carbonyl (C=O) groups excluding carboxylic acids is 1. The molecule has 0 radical (unpaired) electrons. The zero-order valence-electron chi connectivity index (χ0n) is 7.99. The molecule has 0 atom stereocenters. The van der Waals surface area contributed by atoms with Gasteiger partial charge in [0.15, 0.2) is 5.82 Å². The first kappa shape index (κ1) is 11.0. The lowest BCUT2D eigenvalue weighted by Gasteiger charge is -2.00. The lowest BCUT2D eigenvalue weighted by molar-refractivity contribution is -0.120. The van der Waals surface area contributed by atoms with Crippen molar-refractivity contribution in [3.8, 4) is 0 Å². The molecule has 14 heavy (non-hydrogen) atoms. The molecule has 78 valence electrons. The van der Waals surface area contributed by atoms with Crippen molar-refractivity contribution in [2.24, 2.45) is 0 Å². The highest BCUT2D eigenvalue weighted by atomic mass is 32.1. The van der Waals surface area contributed by atoms with E-state index in [1.165, 1.54) is 0 Å². The predicted molar refractivity (Wildman–Crippen MR) is 54.2 cm³/mol. The maximum atomic E-state index is 11.0. The fourth-order valence-corrected chi connectivity index (χ4v) is 1.15. The fraction of sp³-hybridized carbons (Fsp3) is 0.625. The van der Waals surface area contributed by atoms with Crippen molar-refractivity contribution < 1.29 is 9.32 Å². The van der Waals surface area contributed by atoms with Crippen molar-refractivity contribution in [3.05, 3.63) is 11.7 Å². The molecule has 0 aliphatic heterocycles. The molecule has 0 spiro atoms. The van der Waals surface area contributed by atoms with Crippen LogP contribution in [0.15, 0.2) is 4.52 Å². The smallest absolute Gasteiger partial charge is 0.223 e. The van der Waals surface area contributed by atoms with Crippen LogP contribution in [0.5, 0.6) is 0 Å². The Labute approximate surface area is 87.7 Å². The molecular formula is C8H13N3O2S. The van der Waals surface area contributed by atoms with E-state index in [9.17, 15) is 4.79 Å². The van der Waals surface area contributed by atoms with Crippen LogP contribution < -0.4 is 5.32 Å². The molecule has 0 saturated heterocycles. The van der Waals surface area contributed by atoms with Gasteiger partial charge >= 0.3 is 0 Å². The summed E-state index contributed by atoms with van der Waals surface area (Å²) in [6.07, 6.45) is 1.03. The van der Waals surface area contributed by atoms with E-state index in [1.807, 2.05) is 0 Å². The Morgan fingerprint density at radius 2 is 2.43 bits per heavy atom. The van der Waals surface area contributed by atoms with Crippen LogP contribution in [0.3, 0.4) is 0 Å². The molecule has 5 nitrogen and oxygen atoms in total. The minimum Gasteiger partial charge on any atom is -0.356 e. The van der Waals surface area contributed by atoms with Crippen LogP contribution in [0.4, 0.5) is 0 Å². The minimum absolute atomic E-state index is 0.000201. The molecule has 1 aromatic heterocycles. The largest absolute Gasteiger partial charge is 0.356 e. The number of rotatable bonds is 5. The average molecular weight is 215 g/mol. The number of aromatic nitrogens is 2. The monoisotopic (exact) mass is 215 g/mol. The fourth-order valence-electron chi connectivity index (χ4n) is 0.947. The van der Waals surface area contributed by atoms with Crippen molar-refractivity contribution in [2.75, 3.05) is 12.3 Å². The number of aryl methyl sites for hydroxylation is 1. The molecule has 0 fully saturated rings. The van der Waals surface area contributed by atoms with Gasteiger partial charge in [-0.1, -0.05) is 5.16 Å². The molecule has 1 rings (SSSR count). The van der Waals surface area contributed by atoms with E-state index in [4.69, 9.17) is 4.52 Å². The first-order valence-corrected chi connectivity index (χ1v) is 5.02. The molecule has 6 heteroatoms. The van der Waals surface area contributed by atoms with Crippen LogP contribution in [0.1, 0.15) is 18.1 Å². The summed E-state index contributed by atoms with van der Waals surface area (Å²) in [5.74, 6) is 1.73. The number of carbonyl (C=O) groups is 1. The summed E-state index contributed by atoms with van der Waals surface area (Å²) in [5.41, 5.74) is 0. The Morgan fingerprint density at radius 1 is 1.64 bits per heavy atom. The van der Waals surface area contributed by atoms with E-state index in [-0.39, 0.29) is 5.91 Å². The van der Waals surface area contributed by atoms with Gasteiger partial charge in [-0.2, -0.15) is 17.6 Å². The first-order chi connectivity index (χ1) is 6.72. The molecule has 0 aliphatic carbocycles. The van der Waals surface area contributed by atoms with Gasteiger partial charge in [-0.3, -0.25) is 4.79 Å². The van der Waals surface area contributed by atoms with Crippen LogP contribution in [-0.4, -0.2) is 28.3 Å². The summed E-state index contributed by atoms with van der Waals surface area (Å²) >= 11 is 3.95. The van der Waals surface area contributed by atoms with Gasteiger partial charge in [0.25, 0.3) is 0 Å². The third kappa shape index (κ3) is 3.78. The topological polar surface area (TPSA) is 68.0 Å². The third-order valence-electron chi connectivity index (χ3n) is 1.58. The molecular weight excluding hydrogens is 202 g/mol. The molecule has 0 bridgehead atoms. The zero-order chi connectivity index (χ0) is 10.4. The highest BCUT2D eigenvalue weighted by molar-refractivity contribution is 7.80. The SMILES string of the molecule is Cc1nc(CCNC(=O)CCS)no1. The van der Waals surface area contributed by atoms with Gasteiger partial charge in [0.2, 0.25) is 11.8 Å². The second-order valence-corrected chi connectivity index (χ2v) is 3.25. The Hall–Kier alpha value is -1.04. The van der Waals surface area contributed by atoms with Crippen LogP contribution in [-0.2, 0) is 11.2 Å². The lowest BCUT2D eigenvalue weighted by atomic mass is 10.4. The second-order valence-electron chi connectivity index (χ2n) is 2.80. The maximum Gasteiger partial charge on any atom is 0.223 e. The van der Waals surface area contributed by atoms with E-state index in [2.05, 4.69) is 28.1 Å². The van der Waals surface area contributed by atoms with E-state index < -0.39 is 0 Å². The standard InChI is InChI=1S/C8H13N3O2S/c1-6-10-7(11-13-6)2-4-9-8(12)3-5-14/h14H,2-5H2,1H3,(H,9,12). The van der Waals surface area contributed by atoms with Gasteiger partial charge in [0, 0.05) is 26.3 Å². The summed E-state index contributed by atoms with van der Waals surface area (Å²) in [6.45, 7) is 2.27. The summed E-state index contributed by atoms with van der Waals surface area (Å²) in [6, 6.07) is 0. The van der Waals surface area contributed by atoms with E-state index in [0.29, 0.717) is 36.9 Å². The summed E-state index contributed by atoms with van der Waals surface area (Å²) in [7, 11) is 0. The minimum atomic E-state index is 0.000201. The Kier molecular flexibility index (Phi) is 4.45. The highest BCUT2D eigenvalue weighted by Crippen LogP contribution is 1.94. The molecule has 0 unspecified atom stereocenters. The number of hydrogen-bond acceptors (Lipinski definition) is 5. The molecule has 0 aromatic carbocycles. The number of nitrogens with zero attached hydrogens (tertiary/aromatic N) is 2. The van der Waals surface area contributed by atoms with E-state index in [0.717, 1.165) is 0 Å². The van der Waals surface area contributed by atoms with Gasteiger partial charge in [0.05, 0.1) is 0 Å². The van der Waals surface area contributed by atoms with Gasteiger partial charge in [-0.25, -0.2) is 0 Å². The van der Waals surface area contributed by atoms with Crippen LogP contribution in [0.2, 0.25) is 0 Å². The molecule has 0 aliphatic rings. The average Bonchev–Trinajstić information content (AvgIpc) is 2.52. The zero-order valence-corrected chi connectivity index (χ0v) is 8.88. The number of nitrogens with one attached hydrogen (secondary N) is 1. The van der Waals surface area contributed by atoms with E-state index >= 15 is 0 Å². The first-order valence-electron chi connectivity index (χ1n) is 4.39. The number of hydrogen-bond donors (Lipinski definition) is 2. The van der Waals surface area contributed by atoms with Crippen LogP contribution >= 0.6 is 12.6 Å². The van der Waals surface area contributed by atoms with Gasteiger partial charge in [-0.15, -0.1) is 0 Å². The van der Waals surface area contributed by atoms with Gasteiger partial charge in [0.1, 0.15) is 0 Å². The number of amides is 1. The Bertz CT molecular complexity index is 301. The molecule has 1 heterocycles. The molecule has 1 aromatic rings. The third-order valence-corrected chi connectivity index (χ3v) is 1.80. The summed E-state index contributed by atoms with van der Waals surface area (Å²) in [4.78, 5) is 15.0. The van der Waals surface area contributed by atoms with E-state index in [1.54, 1.807) is 6.92 Å². The molecule has 1 N–H and O–H groups in total. The Balaban J connectivity index is 2.18. The van der Waals surface area contributed by atoms with Crippen molar-refractivity contribution in [2.45, 2.75) is 19.8 Å². The normalized spacial score (nSPS) is 10.1. The second kappa shape index (κ2) is 5.64. The lowest BCUT2D eigenvalue weighted by Crippen LogP contribution is -2.25. The molecule has 0 saturated carbocycles. The predicted octanol–water partition coefficient (Wildman–Crippen LogP) is 0.357. The van der Waals surface area contributed by atoms with Gasteiger partial charge in [-0.05, 0) is 5.75 Å². The highest BCUT2D eigenvalue weighted by Gasteiger charge is 2.03. The van der Waals surface area contributed by atoms with Crippen molar-refractivity contribution in [1.29, 1.82) is 0 Å². The summed E-state index contributed by atoms with van der Waals surface area (Å²) < 4.78 is 4.78. The van der Waals surface area contributed by atoms with Crippen molar-refractivity contribution in [1.82, 2.24) is 15.5 Å². The van der Waals surface area contributed by atoms with Crippen molar-refractivity contribution in [3.63, 3.8) is 0 Å². The van der Waals surface area contributed by atoms with Crippen LogP contribution in [0, 0.1) is 6.92 Å². The maximum absolute atomic E-state index is 11.0. The summed E-state index contributed by atoms with van der Waals surface area (Å²) in [5, 5.41) is 6.44. The molecule has 1 amide bonds. The number of thiol groups is 1. The Morgan fingerprint density at radius 3 is 3.00 bits per heavy atom. The van der Waals surface area contributed by atoms with Crippen LogP contribution in [0.25, 0.3) is 0 Å². The van der Waals surface area contributed by atoms with Crippen molar-refractivity contribution >= 4 is 18.5 Å². The van der Waals surface area contributed by atoms with Gasteiger partial charge < -0.3 is 9.84 Å².